The van der Waals surface area contributed by atoms with Crippen LogP contribution < -0.4 is 5.32 Å². The minimum absolute atomic E-state index is 0.0289. The molecule has 0 unspecified atom stereocenters. The molecule has 0 spiro atoms. The number of carbonyl (C=O) groups excluding carboxylic acids is 1. The second-order valence-electron chi connectivity index (χ2n) is 11.5. The van der Waals surface area contributed by atoms with E-state index in [4.69, 9.17) is 9.40 Å². The topological polar surface area (TPSA) is 115 Å². The summed E-state index contributed by atoms with van der Waals surface area (Å²) in [6.45, 7) is 5.48. The standard InChI is InChI=1S/C33H29F3N4O4S2/c1-17(2)22-16-46(42,43)31-29(26-12-13-27(45-26)32(41)37-15-20-6-10-23(35)24(36)14-20)28(33-40-39-18(3)44-33)25(38-30(22)31)11-7-19-4-8-21(34)9-5-19/h4-6,8-10,12-14,17,22H,7,11,15-16H2,1-3H3,(H,37,41)/t22-/m0/s1. The second kappa shape index (κ2) is 12.4. The SMILES string of the molecule is Cc1nnc(-c2c(CCc3ccc(F)cc3)nc3c(c2-c2ccc(C(=O)NCc4ccc(F)c(F)c4)s2)S(=O)(=O)C[C@H]3C(C)C)o1. The molecule has 0 fully saturated rings. The van der Waals surface area contributed by atoms with E-state index in [1.807, 2.05) is 13.8 Å². The zero-order valence-electron chi connectivity index (χ0n) is 25.1. The Morgan fingerprint density at radius 1 is 0.978 bits per heavy atom. The molecule has 0 saturated carbocycles. The van der Waals surface area contributed by atoms with Crippen LogP contribution in [-0.2, 0) is 29.2 Å². The Balaban J connectivity index is 1.47. The third kappa shape index (κ3) is 6.21. The molecule has 3 aromatic heterocycles. The molecule has 4 heterocycles. The van der Waals surface area contributed by atoms with Crippen LogP contribution >= 0.6 is 11.3 Å². The number of pyridine rings is 1. The number of fused-ring (bicyclic) bond motifs is 1. The summed E-state index contributed by atoms with van der Waals surface area (Å²) in [6.07, 6.45) is 0.841. The number of hydrogen-bond acceptors (Lipinski definition) is 8. The molecular formula is C33H29F3N4O4S2. The Labute approximate surface area is 267 Å². The molecule has 0 bridgehead atoms. The van der Waals surface area contributed by atoms with Crippen LogP contribution in [0.25, 0.3) is 21.9 Å². The maximum Gasteiger partial charge on any atom is 0.261 e. The van der Waals surface area contributed by atoms with Gasteiger partial charge in [0.25, 0.3) is 5.91 Å². The second-order valence-corrected chi connectivity index (χ2v) is 14.6. The van der Waals surface area contributed by atoms with Gasteiger partial charge in [-0.25, -0.2) is 21.6 Å². The minimum atomic E-state index is -3.81. The van der Waals surface area contributed by atoms with Crippen molar-refractivity contribution in [3.8, 4) is 21.9 Å². The highest BCUT2D eigenvalue weighted by Gasteiger charge is 2.43. The van der Waals surface area contributed by atoms with E-state index in [0.717, 1.165) is 29.0 Å². The lowest BCUT2D eigenvalue weighted by molar-refractivity contribution is 0.0955. The highest BCUT2D eigenvalue weighted by Crippen LogP contribution is 2.49. The molecule has 2 aromatic carbocycles. The van der Waals surface area contributed by atoms with Gasteiger partial charge in [0.15, 0.2) is 21.5 Å². The molecule has 238 valence electrons. The summed E-state index contributed by atoms with van der Waals surface area (Å²) >= 11 is 1.08. The normalized spacial score (nSPS) is 15.3. The molecule has 13 heteroatoms. The average molecular weight is 667 g/mol. The number of aryl methyl sites for hydroxylation is 3. The number of benzene rings is 2. The van der Waals surface area contributed by atoms with Gasteiger partial charge in [0.05, 0.1) is 32.5 Å². The molecule has 1 aliphatic rings. The average Bonchev–Trinajstić information content (AvgIpc) is 3.74. The van der Waals surface area contributed by atoms with Crippen molar-refractivity contribution in [3.05, 3.63) is 105 Å². The maximum atomic E-state index is 13.9. The van der Waals surface area contributed by atoms with Crippen molar-refractivity contribution in [1.29, 1.82) is 0 Å². The molecule has 1 atom stereocenters. The largest absolute Gasteiger partial charge is 0.421 e. The first-order valence-electron chi connectivity index (χ1n) is 14.6. The van der Waals surface area contributed by atoms with E-state index < -0.39 is 27.4 Å². The number of amides is 1. The molecular weight excluding hydrogens is 638 g/mol. The highest BCUT2D eigenvalue weighted by molar-refractivity contribution is 7.92. The van der Waals surface area contributed by atoms with Gasteiger partial charge in [0.1, 0.15) is 5.82 Å². The first kappa shape index (κ1) is 31.6. The van der Waals surface area contributed by atoms with Crippen LogP contribution in [0.4, 0.5) is 13.2 Å². The van der Waals surface area contributed by atoms with E-state index in [2.05, 4.69) is 15.5 Å². The van der Waals surface area contributed by atoms with Crippen molar-refractivity contribution >= 4 is 27.1 Å². The summed E-state index contributed by atoms with van der Waals surface area (Å²) in [5.74, 6) is -2.96. The summed E-state index contributed by atoms with van der Waals surface area (Å²) in [6, 6.07) is 12.8. The number of hydrogen-bond donors (Lipinski definition) is 1. The van der Waals surface area contributed by atoms with E-state index in [1.54, 1.807) is 31.2 Å². The molecule has 6 rings (SSSR count). The Kier molecular flexibility index (Phi) is 8.55. The summed E-state index contributed by atoms with van der Waals surface area (Å²) < 4.78 is 74.2. The summed E-state index contributed by atoms with van der Waals surface area (Å²) in [5, 5.41) is 10.9. The zero-order valence-corrected chi connectivity index (χ0v) is 26.7. The number of nitrogens with zero attached hydrogens (tertiary/aromatic N) is 3. The van der Waals surface area contributed by atoms with Gasteiger partial charge < -0.3 is 9.73 Å². The molecule has 0 radical (unpaired) electrons. The van der Waals surface area contributed by atoms with Crippen molar-refractivity contribution < 1.29 is 30.8 Å². The fourth-order valence-corrected chi connectivity index (χ4v) is 8.85. The number of carbonyl (C=O) groups is 1. The zero-order chi connectivity index (χ0) is 32.7. The van der Waals surface area contributed by atoms with Gasteiger partial charge in [0.2, 0.25) is 11.8 Å². The third-order valence-electron chi connectivity index (χ3n) is 7.94. The van der Waals surface area contributed by atoms with Crippen molar-refractivity contribution in [2.45, 2.75) is 51.0 Å². The Morgan fingerprint density at radius 2 is 1.72 bits per heavy atom. The Morgan fingerprint density at radius 3 is 2.39 bits per heavy atom. The van der Waals surface area contributed by atoms with Gasteiger partial charge in [-0.15, -0.1) is 21.5 Å². The molecule has 1 amide bonds. The molecule has 0 saturated heterocycles. The lowest BCUT2D eigenvalue weighted by Gasteiger charge is -2.18. The lowest BCUT2D eigenvalue weighted by atomic mass is 9.90. The van der Waals surface area contributed by atoms with E-state index in [1.165, 1.54) is 18.2 Å². The number of thiophene rings is 1. The number of sulfone groups is 1. The van der Waals surface area contributed by atoms with Gasteiger partial charge in [-0.3, -0.25) is 9.78 Å². The molecule has 1 aliphatic heterocycles. The van der Waals surface area contributed by atoms with Crippen LogP contribution in [0.5, 0.6) is 0 Å². The van der Waals surface area contributed by atoms with Crippen molar-refractivity contribution in [2.24, 2.45) is 5.92 Å². The van der Waals surface area contributed by atoms with Crippen molar-refractivity contribution in [1.82, 2.24) is 20.5 Å². The van der Waals surface area contributed by atoms with Gasteiger partial charge in [0, 0.05) is 29.8 Å². The highest BCUT2D eigenvalue weighted by atomic mass is 32.2. The molecule has 5 aromatic rings. The monoisotopic (exact) mass is 666 g/mol. The maximum absolute atomic E-state index is 13.9. The molecule has 46 heavy (non-hydrogen) atoms. The predicted molar refractivity (Wildman–Crippen MR) is 167 cm³/mol. The van der Waals surface area contributed by atoms with E-state index in [0.29, 0.717) is 45.8 Å². The predicted octanol–water partition coefficient (Wildman–Crippen LogP) is 6.83. The third-order valence-corrected chi connectivity index (χ3v) is 10.9. The number of halogens is 3. The van der Waals surface area contributed by atoms with Gasteiger partial charge >= 0.3 is 0 Å². The molecule has 1 N–H and O–H groups in total. The van der Waals surface area contributed by atoms with Gasteiger partial charge in [-0.05, 0) is 66.3 Å². The first-order chi connectivity index (χ1) is 21.9. The van der Waals surface area contributed by atoms with Crippen LogP contribution in [0.1, 0.15) is 57.8 Å². The summed E-state index contributed by atoms with van der Waals surface area (Å²) in [7, 11) is -3.81. The summed E-state index contributed by atoms with van der Waals surface area (Å²) in [5.41, 5.74) is 2.95. The van der Waals surface area contributed by atoms with E-state index >= 15 is 0 Å². The molecule has 8 nitrogen and oxygen atoms in total. The Bertz CT molecular complexity index is 2060. The van der Waals surface area contributed by atoms with Gasteiger partial charge in [-0.2, -0.15) is 0 Å². The van der Waals surface area contributed by atoms with Crippen LogP contribution in [0, 0.1) is 30.3 Å². The number of rotatable bonds is 9. The van der Waals surface area contributed by atoms with E-state index in [9.17, 15) is 26.4 Å². The smallest absolute Gasteiger partial charge is 0.261 e. The number of aromatic nitrogens is 3. The van der Waals surface area contributed by atoms with Crippen LogP contribution in [0.3, 0.4) is 0 Å². The minimum Gasteiger partial charge on any atom is -0.421 e. The van der Waals surface area contributed by atoms with Crippen LogP contribution in [0.15, 0.2) is 63.9 Å². The fourth-order valence-electron chi connectivity index (χ4n) is 5.58. The lowest BCUT2D eigenvalue weighted by Crippen LogP contribution is -2.21. The van der Waals surface area contributed by atoms with Gasteiger partial charge in [-0.1, -0.05) is 32.0 Å². The quantitative estimate of drug-likeness (QED) is 0.183. The van der Waals surface area contributed by atoms with Crippen LogP contribution in [-0.4, -0.2) is 35.3 Å². The van der Waals surface area contributed by atoms with E-state index in [-0.39, 0.29) is 51.5 Å². The summed E-state index contributed by atoms with van der Waals surface area (Å²) in [4.78, 5) is 19.0. The Hall–Kier alpha value is -4.36. The number of nitrogens with one attached hydrogen (secondary N) is 1. The van der Waals surface area contributed by atoms with Crippen molar-refractivity contribution in [3.63, 3.8) is 0 Å². The molecule has 0 aliphatic carbocycles. The first-order valence-corrected chi connectivity index (χ1v) is 17.0. The fraction of sp³-hybridized carbons (Fsp3) is 0.273. The van der Waals surface area contributed by atoms with Crippen LogP contribution in [0.2, 0.25) is 0 Å². The van der Waals surface area contributed by atoms with Crippen molar-refractivity contribution in [2.75, 3.05) is 5.75 Å².